The third kappa shape index (κ3) is 12.1. The lowest BCUT2D eigenvalue weighted by atomic mass is 10.2. The van der Waals surface area contributed by atoms with E-state index >= 15 is 0 Å². The van der Waals surface area contributed by atoms with Crippen LogP contribution in [0.1, 0.15) is 40.5 Å². The maximum atomic E-state index is 11.6. The van der Waals surface area contributed by atoms with Crippen LogP contribution >= 0.6 is 35.7 Å². The van der Waals surface area contributed by atoms with Gasteiger partial charge in [-0.05, 0) is 33.4 Å². The molecule has 0 aliphatic heterocycles. The molecule has 0 saturated carbocycles. The van der Waals surface area contributed by atoms with Crippen LogP contribution in [0.3, 0.4) is 0 Å². The van der Waals surface area contributed by atoms with Gasteiger partial charge in [0.2, 0.25) is 5.91 Å². The molecule has 0 saturated heterocycles. The number of amides is 1. The Labute approximate surface area is 150 Å². The Morgan fingerprint density at radius 2 is 1.95 bits per heavy atom. The van der Waals surface area contributed by atoms with E-state index in [4.69, 9.17) is 0 Å². The summed E-state index contributed by atoms with van der Waals surface area (Å²) in [6.45, 7) is 9.84. The first-order chi connectivity index (χ1) is 9.34. The zero-order chi connectivity index (χ0) is 15.6. The molecule has 5 nitrogen and oxygen atoms in total. The number of carbonyl (C=O) groups is 1. The van der Waals surface area contributed by atoms with Gasteiger partial charge in [0.1, 0.15) is 0 Å². The average molecular weight is 430 g/mol. The van der Waals surface area contributed by atoms with Crippen molar-refractivity contribution < 1.29 is 4.79 Å². The van der Waals surface area contributed by atoms with Crippen LogP contribution in [0.2, 0.25) is 0 Å². The highest BCUT2D eigenvalue weighted by atomic mass is 127. The molecule has 0 aliphatic rings. The van der Waals surface area contributed by atoms with Gasteiger partial charge in [-0.3, -0.25) is 9.79 Å². The highest BCUT2D eigenvalue weighted by Crippen LogP contribution is 2.19. The fourth-order valence-electron chi connectivity index (χ4n) is 1.33. The van der Waals surface area contributed by atoms with Crippen molar-refractivity contribution in [1.82, 2.24) is 16.0 Å². The standard InChI is InChI=1S/C14H30N4OS.HI/c1-7-11(2)18-12(19)8-9-16-13(15-5)17-10-14(3,4)20-6;/h11H,7-10H2,1-6H3,(H,18,19)(H2,15,16,17);1H. The SMILES string of the molecule is CCC(C)NC(=O)CCNC(=NC)NCC(C)(C)SC.I. The molecule has 0 aromatic carbocycles. The van der Waals surface area contributed by atoms with Gasteiger partial charge in [-0.25, -0.2) is 0 Å². The minimum absolute atomic E-state index is 0. The number of nitrogens with one attached hydrogen (secondary N) is 3. The Kier molecular flexibility index (Phi) is 13.6. The Hall–Kier alpha value is -0.180. The Morgan fingerprint density at radius 1 is 1.33 bits per heavy atom. The van der Waals surface area contributed by atoms with Crippen molar-refractivity contribution in [1.29, 1.82) is 0 Å². The van der Waals surface area contributed by atoms with E-state index in [9.17, 15) is 4.79 Å². The molecule has 1 amide bonds. The summed E-state index contributed by atoms with van der Waals surface area (Å²) in [5, 5.41) is 9.37. The highest BCUT2D eigenvalue weighted by molar-refractivity contribution is 14.0. The monoisotopic (exact) mass is 430 g/mol. The molecule has 3 N–H and O–H groups in total. The van der Waals surface area contributed by atoms with Gasteiger partial charge in [0.25, 0.3) is 0 Å². The van der Waals surface area contributed by atoms with Gasteiger partial charge in [-0.15, -0.1) is 24.0 Å². The minimum Gasteiger partial charge on any atom is -0.356 e. The summed E-state index contributed by atoms with van der Waals surface area (Å²) in [5.74, 6) is 0.815. The first-order valence-electron chi connectivity index (χ1n) is 7.13. The summed E-state index contributed by atoms with van der Waals surface area (Å²) in [6.07, 6.45) is 3.50. The first kappa shape index (κ1) is 23.1. The van der Waals surface area contributed by atoms with Crippen molar-refractivity contribution in [3.63, 3.8) is 0 Å². The second-order valence-electron chi connectivity index (χ2n) is 5.44. The predicted molar refractivity (Wildman–Crippen MR) is 105 cm³/mol. The molecule has 126 valence electrons. The van der Waals surface area contributed by atoms with Crippen LogP contribution < -0.4 is 16.0 Å². The van der Waals surface area contributed by atoms with E-state index in [2.05, 4.69) is 48.0 Å². The Morgan fingerprint density at radius 3 is 2.43 bits per heavy atom. The number of hydrogen-bond acceptors (Lipinski definition) is 3. The second kappa shape index (κ2) is 12.4. The molecule has 0 aromatic rings. The normalized spacial score (nSPS) is 13.1. The number of hydrogen-bond donors (Lipinski definition) is 3. The van der Waals surface area contributed by atoms with E-state index in [1.165, 1.54) is 0 Å². The number of guanidine groups is 1. The Bertz CT molecular complexity index is 324. The second-order valence-corrected chi connectivity index (χ2v) is 6.96. The van der Waals surface area contributed by atoms with Crippen molar-refractivity contribution in [3.8, 4) is 0 Å². The van der Waals surface area contributed by atoms with Crippen LogP contribution in [0.15, 0.2) is 4.99 Å². The van der Waals surface area contributed by atoms with E-state index < -0.39 is 0 Å². The number of carbonyl (C=O) groups excluding carboxylic acids is 1. The van der Waals surface area contributed by atoms with Crippen LogP contribution in [0.25, 0.3) is 0 Å². The number of nitrogens with zero attached hydrogens (tertiary/aromatic N) is 1. The molecule has 0 aromatic heterocycles. The maximum Gasteiger partial charge on any atom is 0.221 e. The summed E-state index contributed by atoms with van der Waals surface area (Å²) in [5.41, 5.74) is 0. The lowest BCUT2D eigenvalue weighted by Gasteiger charge is -2.23. The lowest BCUT2D eigenvalue weighted by Crippen LogP contribution is -2.44. The molecule has 0 bridgehead atoms. The third-order valence-electron chi connectivity index (χ3n) is 3.12. The van der Waals surface area contributed by atoms with Crippen molar-refractivity contribution in [2.24, 2.45) is 4.99 Å². The summed E-state index contributed by atoms with van der Waals surface area (Å²) in [6, 6.07) is 0.238. The summed E-state index contributed by atoms with van der Waals surface area (Å²) in [4.78, 5) is 15.8. The van der Waals surface area contributed by atoms with Gasteiger partial charge < -0.3 is 16.0 Å². The van der Waals surface area contributed by atoms with Crippen molar-refractivity contribution in [2.75, 3.05) is 26.4 Å². The maximum absolute atomic E-state index is 11.6. The van der Waals surface area contributed by atoms with Gasteiger partial charge >= 0.3 is 0 Å². The molecule has 0 aliphatic carbocycles. The first-order valence-corrected chi connectivity index (χ1v) is 8.36. The van der Waals surface area contributed by atoms with Gasteiger partial charge in [-0.1, -0.05) is 6.92 Å². The fraction of sp³-hybridized carbons (Fsp3) is 0.857. The fourth-order valence-corrected chi connectivity index (χ4v) is 1.55. The van der Waals surface area contributed by atoms with Crippen molar-refractivity contribution in [3.05, 3.63) is 0 Å². The molecular weight excluding hydrogens is 399 g/mol. The van der Waals surface area contributed by atoms with Crippen molar-refractivity contribution in [2.45, 2.75) is 51.3 Å². The van der Waals surface area contributed by atoms with E-state index in [-0.39, 0.29) is 40.7 Å². The smallest absolute Gasteiger partial charge is 0.221 e. The van der Waals surface area contributed by atoms with Crippen molar-refractivity contribution >= 4 is 47.6 Å². The van der Waals surface area contributed by atoms with Gasteiger partial charge in [0, 0.05) is 37.3 Å². The van der Waals surface area contributed by atoms with Crippen LogP contribution in [0.4, 0.5) is 0 Å². The predicted octanol–water partition coefficient (Wildman–Crippen LogP) is 2.22. The van der Waals surface area contributed by atoms with E-state index in [0.29, 0.717) is 13.0 Å². The number of thioether (sulfide) groups is 1. The number of aliphatic imine (C=N–C) groups is 1. The van der Waals surface area contributed by atoms with E-state index in [1.54, 1.807) is 7.05 Å². The van der Waals surface area contributed by atoms with Gasteiger partial charge in [-0.2, -0.15) is 11.8 Å². The average Bonchev–Trinajstić information content (AvgIpc) is 2.42. The molecule has 1 unspecified atom stereocenters. The quantitative estimate of drug-likeness (QED) is 0.314. The minimum atomic E-state index is 0. The molecule has 1 atom stereocenters. The highest BCUT2D eigenvalue weighted by Gasteiger charge is 2.16. The molecular formula is C14H31IN4OS. The molecule has 21 heavy (non-hydrogen) atoms. The topological polar surface area (TPSA) is 65.5 Å². The lowest BCUT2D eigenvalue weighted by molar-refractivity contribution is -0.121. The number of rotatable bonds is 8. The molecule has 7 heteroatoms. The number of halogens is 1. The molecule has 0 fully saturated rings. The van der Waals surface area contributed by atoms with Crippen LogP contribution in [0, 0.1) is 0 Å². The van der Waals surface area contributed by atoms with Gasteiger partial charge in [0.15, 0.2) is 5.96 Å². The van der Waals surface area contributed by atoms with Crippen LogP contribution in [0.5, 0.6) is 0 Å². The largest absolute Gasteiger partial charge is 0.356 e. The zero-order valence-electron chi connectivity index (χ0n) is 14.1. The van der Waals surface area contributed by atoms with Crippen LogP contribution in [-0.4, -0.2) is 49.0 Å². The zero-order valence-corrected chi connectivity index (χ0v) is 17.2. The van der Waals surface area contributed by atoms with Gasteiger partial charge in [0.05, 0.1) is 0 Å². The van der Waals surface area contributed by atoms with E-state index in [1.807, 2.05) is 18.7 Å². The molecule has 0 radical (unpaired) electrons. The Balaban J connectivity index is 0. The van der Waals surface area contributed by atoms with Crippen LogP contribution in [-0.2, 0) is 4.79 Å². The third-order valence-corrected chi connectivity index (χ3v) is 4.37. The molecule has 0 spiro atoms. The summed E-state index contributed by atoms with van der Waals surface area (Å²) >= 11 is 1.81. The molecule has 0 heterocycles. The summed E-state index contributed by atoms with van der Waals surface area (Å²) in [7, 11) is 1.74. The van der Waals surface area contributed by atoms with E-state index in [0.717, 1.165) is 18.9 Å². The molecule has 0 rings (SSSR count). The summed E-state index contributed by atoms with van der Waals surface area (Å²) < 4.78 is 0.158.